The maximum atomic E-state index is 13.2. The molecule has 0 saturated carbocycles. The smallest absolute Gasteiger partial charge is 0.261 e. The second kappa shape index (κ2) is 10.5. The number of rotatable bonds is 8. The van der Waals surface area contributed by atoms with Gasteiger partial charge in [0.2, 0.25) is 5.75 Å². The van der Waals surface area contributed by atoms with Crippen LogP contribution in [0.5, 0.6) is 23.0 Å². The Morgan fingerprint density at radius 3 is 2.03 bits per heavy atom. The monoisotopic (exact) mass is 446 g/mol. The summed E-state index contributed by atoms with van der Waals surface area (Å²) in [6, 6.07) is 9.93. The molecule has 7 nitrogen and oxygen atoms in total. The van der Waals surface area contributed by atoms with Crippen LogP contribution in [0.25, 0.3) is 0 Å². The lowest BCUT2D eigenvalue weighted by atomic mass is 10.1. The van der Waals surface area contributed by atoms with E-state index in [1.54, 1.807) is 24.3 Å². The molecule has 3 rings (SSSR count). The highest BCUT2D eigenvalue weighted by molar-refractivity contribution is 5.78. The molecule has 2 aromatic carbocycles. The molecule has 0 aromatic heterocycles. The fourth-order valence-electron chi connectivity index (χ4n) is 4.26. The van der Waals surface area contributed by atoms with E-state index in [0.29, 0.717) is 23.0 Å². The third kappa shape index (κ3) is 5.43. The molecule has 1 saturated heterocycles. The number of benzene rings is 2. The van der Waals surface area contributed by atoms with Gasteiger partial charge in [-0.05, 0) is 31.5 Å². The van der Waals surface area contributed by atoms with Crippen molar-refractivity contribution in [3.05, 3.63) is 47.8 Å². The molecular formula is C24H31FN2O5. The van der Waals surface area contributed by atoms with Gasteiger partial charge in [0.1, 0.15) is 11.6 Å². The average Bonchev–Trinajstić information content (AvgIpc) is 2.77. The number of piperazine rings is 1. The lowest BCUT2D eigenvalue weighted by molar-refractivity contribution is -0.141. The lowest BCUT2D eigenvalue weighted by Gasteiger charge is -2.44. The molecule has 1 heterocycles. The zero-order valence-electron chi connectivity index (χ0n) is 19.3. The van der Waals surface area contributed by atoms with Gasteiger partial charge >= 0.3 is 0 Å². The minimum atomic E-state index is -0.238. The van der Waals surface area contributed by atoms with Gasteiger partial charge in [0.05, 0.1) is 21.3 Å². The third-order valence-electron chi connectivity index (χ3n) is 5.60. The van der Waals surface area contributed by atoms with Crippen LogP contribution in [0.2, 0.25) is 0 Å². The number of hydrogen-bond donors (Lipinski definition) is 0. The number of halogens is 1. The molecular weight excluding hydrogens is 415 g/mol. The molecule has 0 aliphatic carbocycles. The summed E-state index contributed by atoms with van der Waals surface area (Å²) in [7, 11) is 4.59. The molecule has 0 radical (unpaired) electrons. The molecule has 1 fully saturated rings. The van der Waals surface area contributed by atoms with Gasteiger partial charge in [0.15, 0.2) is 18.1 Å². The van der Waals surface area contributed by atoms with Gasteiger partial charge in [-0.3, -0.25) is 9.69 Å². The van der Waals surface area contributed by atoms with Crippen molar-refractivity contribution < 1.29 is 28.1 Å². The first-order chi connectivity index (χ1) is 15.4. The standard InChI is InChI=1S/C24H31FN2O5/c1-16-12-26(14-18-6-8-19(25)9-7-18)13-17(2)27(16)23(28)15-32-20-10-21(29-3)24(31-5)22(11-20)30-4/h6-11,16-17H,12-15H2,1-5H3/t16-,17+. The van der Waals surface area contributed by atoms with Gasteiger partial charge in [-0.25, -0.2) is 4.39 Å². The maximum absolute atomic E-state index is 13.2. The SMILES string of the molecule is COc1cc(OCC(=O)N2[C@H](C)CN(Cc3ccc(F)cc3)C[C@@H]2C)cc(OC)c1OC. The Bertz CT molecular complexity index is 884. The van der Waals surface area contributed by atoms with Gasteiger partial charge in [0, 0.05) is 43.9 Å². The van der Waals surface area contributed by atoms with Gasteiger partial charge < -0.3 is 23.8 Å². The first-order valence-corrected chi connectivity index (χ1v) is 10.6. The van der Waals surface area contributed by atoms with Gasteiger partial charge in [0.25, 0.3) is 5.91 Å². The third-order valence-corrected chi connectivity index (χ3v) is 5.60. The molecule has 174 valence electrons. The summed E-state index contributed by atoms with van der Waals surface area (Å²) >= 11 is 0. The molecule has 1 aliphatic heterocycles. The van der Waals surface area contributed by atoms with E-state index in [1.165, 1.54) is 33.5 Å². The van der Waals surface area contributed by atoms with Crippen LogP contribution in [0.1, 0.15) is 19.4 Å². The molecule has 1 amide bonds. The van der Waals surface area contributed by atoms with Crippen LogP contribution in [0.4, 0.5) is 4.39 Å². The van der Waals surface area contributed by atoms with Gasteiger partial charge in [-0.15, -0.1) is 0 Å². The van der Waals surface area contributed by atoms with Crippen molar-refractivity contribution in [1.82, 2.24) is 9.80 Å². The van der Waals surface area contributed by atoms with Crippen molar-refractivity contribution in [3.63, 3.8) is 0 Å². The van der Waals surface area contributed by atoms with Crippen LogP contribution in [-0.4, -0.2) is 68.8 Å². The Kier molecular flexibility index (Phi) is 7.80. The molecule has 8 heteroatoms. The van der Waals surface area contributed by atoms with E-state index in [1.807, 2.05) is 18.7 Å². The summed E-state index contributed by atoms with van der Waals surface area (Å²) in [5.74, 6) is 1.53. The fraction of sp³-hybridized carbons (Fsp3) is 0.458. The summed E-state index contributed by atoms with van der Waals surface area (Å²) in [4.78, 5) is 17.1. The highest BCUT2D eigenvalue weighted by Gasteiger charge is 2.33. The van der Waals surface area contributed by atoms with E-state index >= 15 is 0 Å². The summed E-state index contributed by atoms with van der Waals surface area (Å²) in [5, 5.41) is 0. The highest BCUT2D eigenvalue weighted by atomic mass is 19.1. The van der Waals surface area contributed by atoms with Crippen molar-refractivity contribution in [3.8, 4) is 23.0 Å². The quantitative estimate of drug-likeness (QED) is 0.620. The van der Waals surface area contributed by atoms with Crippen LogP contribution in [-0.2, 0) is 11.3 Å². The Morgan fingerprint density at radius 2 is 1.53 bits per heavy atom. The van der Waals surface area contributed by atoms with Crippen LogP contribution in [0, 0.1) is 5.82 Å². The number of amides is 1. The molecule has 0 bridgehead atoms. The van der Waals surface area contributed by atoms with E-state index in [4.69, 9.17) is 18.9 Å². The zero-order valence-corrected chi connectivity index (χ0v) is 19.3. The van der Waals surface area contributed by atoms with Crippen LogP contribution >= 0.6 is 0 Å². The predicted molar refractivity (Wildman–Crippen MR) is 119 cm³/mol. The number of methoxy groups -OCH3 is 3. The predicted octanol–water partition coefficient (Wildman–Crippen LogP) is 3.35. The molecule has 2 aromatic rings. The zero-order chi connectivity index (χ0) is 23.3. The number of hydrogen-bond acceptors (Lipinski definition) is 6. The number of ether oxygens (including phenoxy) is 4. The average molecular weight is 447 g/mol. The summed E-state index contributed by atoms with van der Waals surface area (Å²) < 4.78 is 34.9. The van der Waals surface area contributed by atoms with Crippen molar-refractivity contribution in [1.29, 1.82) is 0 Å². The summed E-state index contributed by atoms with van der Waals surface area (Å²) in [6.07, 6.45) is 0. The van der Waals surface area contributed by atoms with E-state index in [2.05, 4.69) is 4.90 Å². The van der Waals surface area contributed by atoms with E-state index in [0.717, 1.165) is 25.2 Å². The Labute approximate surface area is 188 Å². The minimum Gasteiger partial charge on any atom is -0.493 e. The largest absolute Gasteiger partial charge is 0.493 e. The van der Waals surface area contributed by atoms with Gasteiger partial charge in [-0.2, -0.15) is 0 Å². The number of carbonyl (C=O) groups excluding carboxylic acids is 1. The first kappa shape index (κ1) is 23.7. The number of carbonyl (C=O) groups is 1. The second-order valence-corrected chi connectivity index (χ2v) is 7.97. The highest BCUT2D eigenvalue weighted by Crippen LogP contribution is 2.40. The fourth-order valence-corrected chi connectivity index (χ4v) is 4.26. The topological polar surface area (TPSA) is 60.5 Å². The lowest BCUT2D eigenvalue weighted by Crippen LogP contribution is -2.59. The molecule has 32 heavy (non-hydrogen) atoms. The molecule has 0 unspecified atom stereocenters. The second-order valence-electron chi connectivity index (χ2n) is 7.97. The van der Waals surface area contributed by atoms with Crippen molar-refractivity contribution in [2.24, 2.45) is 0 Å². The molecule has 2 atom stereocenters. The first-order valence-electron chi connectivity index (χ1n) is 10.6. The van der Waals surface area contributed by atoms with Crippen molar-refractivity contribution in [2.45, 2.75) is 32.5 Å². The van der Waals surface area contributed by atoms with E-state index in [9.17, 15) is 9.18 Å². The molecule has 1 aliphatic rings. The molecule has 0 spiro atoms. The Hall–Kier alpha value is -3.00. The van der Waals surface area contributed by atoms with Crippen molar-refractivity contribution in [2.75, 3.05) is 41.0 Å². The van der Waals surface area contributed by atoms with Gasteiger partial charge in [-0.1, -0.05) is 12.1 Å². The Morgan fingerprint density at radius 1 is 0.969 bits per heavy atom. The summed E-state index contributed by atoms with van der Waals surface area (Å²) in [6.45, 7) is 6.16. The van der Waals surface area contributed by atoms with Crippen LogP contribution < -0.4 is 18.9 Å². The number of nitrogens with zero attached hydrogens (tertiary/aromatic N) is 2. The van der Waals surface area contributed by atoms with Crippen LogP contribution in [0.15, 0.2) is 36.4 Å². The maximum Gasteiger partial charge on any atom is 0.261 e. The summed E-state index contributed by atoms with van der Waals surface area (Å²) in [5.41, 5.74) is 1.05. The normalized spacial score (nSPS) is 18.9. The minimum absolute atomic E-state index is 0.0234. The van der Waals surface area contributed by atoms with Crippen LogP contribution in [0.3, 0.4) is 0 Å². The van der Waals surface area contributed by atoms with E-state index in [-0.39, 0.29) is 30.4 Å². The Balaban J connectivity index is 1.61. The molecule has 0 N–H and O–H groups in total. The van der Waals surface area contributed by atoms with Crippen molar-refractivity contribution >= 4 is 5.91 Å². The van der Waals surface area contributed by atoms with E-state index < -0.39 is 0 Å².